The van der Waals surface area contributed by atoms with Gasteiger partial charge in [0.25, 0.3) is 5.91 Å². The lowest BCUT2D eigenvalue weighted by atomic mass is 9.69. The molecule has 32 heavy (non-hydrogen) atoms. The molecule has 2 aromatic rings. The Labute approximate surface area is 196 Å². The van der Waals surface area contributed by atoms with E-state index in [0.29, 0.717) is 18.2 Å². The number of rotatable bonds is 6. The summed E-state index contributed by atoms with van der Waals surface area (Å²) in [5, 5.41) is 4.36. The van der Waals surface area contributed by atoms with Gasteiger partial charge in [-0.3, -0.25) is 9.78 Å². The number of hydrogen-bond acceptors (Lipinski definition) is 3. The van der Waals surface area contributed by atoms with Crippen LogP contribution < -0.4 is 5.32 Å². The summed E-state index contributed by atoms with van der Waals surface area (Å²) in [4.78, 5) is 19.8. The standard InChI is InChI=1S/C27H32ClN3O/c1-3-23-10-5-11-24(30-23)19-31(26(32)20-7-6-16-29-18-20)25-12-14-27(2,15-13-25)21-8-4-9-22(28)17-21/h4-11,16-18,23,25,30H,3,12-15,19H2,1-2H3. The highest BCUT2D eigenvalue weighted by Crippen LogP contribution is 2.41. The van der Waals surface area contributed by atoms with Crippen molar-refractivity contribution in [1.82, 2.24) is 15.2 Å². The molecule has 4 rings (SSSR count). The zero-order valence-electron chi connectivity index (χ0n) is 18.9. The molecule has 0 radical (unpaired) electrons. The van der Waals surface area contributed by atoms with Crippen LogP contribution in [0.25, 0.3) is 0 Å². The number of nitrogens with one attached hydrogen (secondary N) is 1. The van der Waals surface area contributed by atoms with E-state index >= 15 is 0 Å². The molecule has 1 saturated carbocycles. The number of carbonyl (C=O) groups is 1. The Morgan fingerprint density at radius 2 is 2.06 bits per heavy atom. The number of halogens is 1. The molecule has 1 amide bonds. The quantitative estimate of drug-likeness (QED) is 0.597. The maximum Gasteiger partial charge on any atom is 0.256 e. The number of dihydropyridines is 1. The van der Waals surface area contributed by atoms with Crippen molar-refractivity contribution in [2.45, 2.75) is 63.5 Å². The highest BCUT2D eigenvalue weighted by molar-refractivity contribution is 6.30. The molecule has 1 unspecified atom stereocenters. The number of nitrogens with zero attached hydrogens (tertiary/aromatic N) is 2. The van der Waals surface area contributed by atoms with Gasteiger partial charge < -0.3 is 10.2 Å². The Morgan fingerprint density at radius 3 is 2.75 bits per heavy atom. The second kappa shape index (κ2) is 9.91. The van der Waals surface area contributed by atoms with Crippen molar-refractivity contribution in [3.63, 3.8) is 0 Å². The van der Waals surface area contributed by atoms with Gasteiger partial charge >= 0.3 is 0 Å². The predicted molar refractivity (Wildman–Crippen MR) is 131 cm³/mol. The Hall–Kier alpha value is -2.59. The zero-order chi connectivity index (χ0) is 22.6. The summed E-state index contributed by atoms with van der Waals surface area (Å²) >= 11 is 6.27. The van der Waals surface area contributed by atoms with Crippen molar-refractivity contribution in [3.8, 4) is 0 Å². The molecule has 168 valence electrons. The normalized spacial score (nSPS) is 25.0. The van der Waals surface area contributed by atoms with Gasteiger partial charge in [0.1, 0.15) is 0 Å². The van der Waals surface area contributed by atoms with Crippen LogP contribution in [0.15, 0.2) is 72.7 Å². The van der Waals surface area contributed by atoms with Crippen LogP contribution in [0.4, 0.5) is 0 Å². The molecule has 4 nitrogen and oxygen atoms in total. The minimum absolute atomic E-state index is 0.0553. The van der Waals surface area contributed by atoms with E-state index in [2.05, 4.69) is 59.4 Å². The van der Waals surface area contributed by atoms with Crippen molar-refractivity contribution in [3.05, 3.63) is 88.9 Å². The minimum Gasteiger partial charge on any atom is -0.381 e. The molecule has 1 aliphatic heterocycles. The van der Waals surface area contributed by atoms with Crippen molar-refractivity contribution >= 4 is 17.5 Å². The number of amides is 1. The third-order valence-corrected chi connectivity index (χ3v) is 7.22. The second-order valence-electron chi connectivity index (χ2n) is 9.21. The first-order chi connectivity index (χ1) is 15.5. The second-order valence-corrected chi connectivity index (χ2v) is 9.65. The molecule has 5 heteroatoms. The van der Waals surface area contributed by atoms with Gasteiger partial charge in [-0.05, 0) is 73.4 Å². The van der Waals surface area contributed by atoms with Crippen LogP contribution in [0.3, 0.4) is 0 Å². The van der Waals surface area contributed by atoms with Crippen LogP contribution in [-0.4, -0.2) is 34.4 Å². The van der Waals surface area contributed by atoms with E-state index in [1.54, 1.807) is 12.4 Å². The average Bonchev–Trinajstić information content (AvgIpc) is 2.83. The predicted octanol–water partition coefficient (Wildman–Crippen LogP) is 5.90. The topological polar surface area (TPSA) is 45.2 Å². The first-order valence-corrected chi connectivity index (χ1v) is 12.0. The van der Waals surface area contributed by atoms with Gasteiger partial charge in [-0.2, -0.15) is 0 Å². The largest absolute Gasteiger partial charge is 0.381 e. The number of pyridine rings is 1. The Bertz CT molecular complexity index is 993. The van der Waals surface area contributed by atoms with E-state index in [-0.39, 0.29) is 17.4 Å². The van der Waals surface area contributed by atoms with Gasteiger partial charge in [-0.15, -0.1) is 0 Å². The maximum absolute atomic E-state index is 13.5. The average molecular weight is 450 g/mol. The number of aromatic nitrogens is 1. The van der Waals surface area contributed by atoms with Crippen molar-refractivity contribution in [2.24, 2.45) is 0 Å². The monoisotopic (exact) mass is 449 g/mol. The highest BCUT2D eigenvalue weighted by Gasteiger charge is 2.36. The minimum atomic E-state index is 0.0553. The van der Waals surface area contributed by atoms with E-state index in [4.69, 9.17) is 11.6 Å². The van der Waals surface area contributed by atoms with E-state index in [9.17, 15) is 4.79 Å². The molecule has 2 heterocycles. The smallest absolute Gasteiger partial charge is 0.256 e. The summed E-state index contributed by atoms with van der Waals surface area (Å²) in [6.07, 6.45) is 14.8. The molecule has 1 aromatic heterocycles. The van der Waals surface area contributed by atoms with Crippen molar-refractivity contribution in [1.29, 1.82) is 0 Å². The lowest BCUT2D eigenvalue weighted by Gasteiger charge is -2.42. The molecule has 1 N–H and O–H groups in total. The first kappa shape index (κ1) is 22.6. The Kier molecular flexibility index (Phi) is 7.00. The van der Waals surface area contributed by atoms with Gasteiger partial charge in [0, 0.05) is 35.2 Å². The molecular formula is C27H32ClN3O. The molecule has 2 aliphatic rings. The summed E-state index contributed by atoms with van der Waals surface area (Å²) < 4.78 is 0. The fourth-order valence-corrected chi connectivity index (χ4v) is 5.08. The molecule has 1 aromatic carbocycles. The van der Waals surface area contributed by atoms with Crippen LogP contribution in [0.2, 0.25) is 5.02 Å². The summed E-state index contributed by atoms with van der Waals surface area (Å²) in [6, 6.07) is 12.4. The molecule has 0 saturated heterocycles. The number of carbonyl (C=O) groups excluding carboxylic acids is 1. The molecule has 1 aliphatic carbocycles. The summed E-state index contributed by atoms with van der Waals surface area (Å²) in [5.74, 6) is 0.0553. The Morgan fingerprint density at radius 1 is 1.25 bits per heavy atom. The van der Waals surface area contributed by atoms with E-state index in [1.165, 1.54) is 5.56 Å². The maximum atomic E-state index is 13.5. The van der Waals surface area contributed by atoms with Gasteiger partial charge in [-0.25, -0.2) is 0 Å². The number of hydrogen-bond donors (Lipinski definition) is 1. The molecular weight excluding hydrogens is 418 g/mol. The van der Waals surface area contributed by atoms with Crippen LogP contribution in [0.1, 0.15) is 61.9 Å². The summed E-state index contributed by atoms with van der Waals surface area (Å²) in [5.41, 5.74) is 3.12. The van der Waals surface area contributed by atoms with E-state index < -0.39 is 0 Å². The lowest BCUT2D eigenvalue weighted by Crippen LogP contribution is -2.47. The first-order valence-electron chi connectivity index (χ1n) is 11.6. The molecule has 0 bridgehead atoms. The molecule has 0 spiro atoms. The van der Waals surface area contributed by atoms with E-state index in [1.807, 2.05) is 24.3 Å². The van der Waals surface area contributed by atoms with Gasteiger partial charge in [0.15, 0.2) is 0 Å². The molecule has 1 atom stereocenters. The van der Waals surface area contributed by atoms with Crippen LogP contribution in [-0.2, 0) is 5.41 Å². The van der Waals surface area contributed by atoms with Crippen molar-refractivity contribution < 1.29 is 4.79 Å². The third kappa shape index (κ3) is 5.07. The zero-order valence-corrected chi connectivity index (χ0v) is 19.7. The lowest BCUT2D eigenvalue weighted by molar-refractivity contribution is 0.0617. The highest BCUT2D eigenvalue weighted by atomic mass is 35.5. The van der Waals surface area contributed by atoms with Crippen molar-refractivity contribution in [2.75, 3.05) is 6.54 Å². The summed E-state index contributed by atoms with van der Waals surface area (Å²) in [6.45, 7) is 5.08. The van der Waals surface area contributed by atoms with Gasteiger partial charge in [0.2, 0.25) is 0 Å². The van der Waals surface area contributed by atoms with Crippen LogP contribution in [0, 0.1) is 0 Å². The fourth-order valence-electron chi connectivity index (χ4n) is 4.89. The third-order valence-electron chi connectivity index (χ3n) is 6.98. The van der Waals surface area contributed by atoms with E-state index in [0.717, 1.165) is 42.8 Å². The van der Waals surface area contributed by atoms with Gasteiger partial charge in [0.05, 0.1) is 12.1 Å². The fraction of sp³-hybridized carbons (Fsp3) is 0.407. The van der Waals surface area contributed by atoms with Crippen LogP contribution >= 0.6 is 11.6 Å². The van der Waals surface area contributed by atoms with Gasteiger partial charge in [-0.1, -0.05) is 49.7 Å². The molecule has 1 fully saturated rings. The Balaban J connectivity index is 1.53. The van der Waals surface area contributed by atoms with Crippen LogP contribution in [0.5, 0.6) is 0 Å². The number of benzene rings is 1. The number of allylic oxidation sites excluding steroid dienone is 2. The SMILES string of the molecule is CCC1C=CC=C(CN(C(=O)c2cccnc2)C2CCC(C)(c3cccc(Cl)c3)CC2)N1. The summed E-state index contributed by atoms with van der Waals surface area (Å²) in [7, 11) is 0.